The Hall–Kier alpha value is -1.72. The van der Waals surface area contributed by atoms with Gasteiger partial charge in [-0.15, -0.1) is 0 Å². The van der Waals surface area contributed by atoms with Crippen molar-refractivity contribution < 1.29 is 18.0 Å². The van der Waals surface area contributed by atoms with Gasteiger partial charge in [0.15, 0.2) is 0 Å². The minimum atomic E-state index is -4.36. The Kier molecular flexibility index (Phi) is 3.98. The van der Waals surface area contributed by atoms with Gasteiger partial charge in [-0.1, -0.05) is 0 Å². The van der Waals surface area contributed by atoms with Crippen LogP contribution in [0.5, 0.6) is 0 Å². The molecular formula is C11H13F3N2O. The number of hydrogen-bond donors (Lipinski definition) is 1. The number of hydrogen-bond acceptors (Lipinski definition) is 1. The first-order valence-corrected chi connectivity index (χ1v) is 5.04. The lowest BCUT2D eigenvalue weighted by Crippen LogP contribution is -2.30. The maximum Gasteiger partial charge on any atom is 0.416 e. The molecular weight excluding hydrogens is 233 g/mol. The van der Waals surface area contributed by atoms with Gasteiger partial charge in [-0.25, -0.2) is 4.79 Å². The third kappa shape index (κ3) is 3.65. The van der Waals surface area contributed by atoms with Gasteiger partial charge in [-0.05, 0) is 31.2 Å². The first-order valence-electron chi connectivity index (χ1n) is 5.04. The van der Waals surface area contributed by atoms with Crippen LogP contribution in [-0.4, -0.2) is 24.5 Å². The lowest BCUT2D eigenvalue weighted by Gasteiger charge is -2.15. The number of rotatable bonds is 2. The second kappa shape index (κ2) is 5.07. The van der Waals surface area contributed by atoms with E-state index in [-0.39, 0.29) is 6.03 Å². The standard InChI is InChI=1S/C11H13F3N2O/c1-3-16(2)10(17)15-9-6-4-8(5-7-9)11(12,13)14/h4-7H,3H2,1-2H3,(H,15,17). The van der Waals surface area contributed by atoms with Gasteiger partial charge in [-0.2, -0.15) is 13.2 Å². The summed E-state index contributed by atoms with van der Waals surface area (Å²) < 4.78 is 36.8. The molecule has 0 fully saturated rings. The summed E-state index contributed by atoms with van der Waals surface area (Å²) in [5, 5.41) is 2.49. The van der Waals surface area contributed by atoms with Crippen molar-refractivity contribution in [1.82, 2.24) is 4.90 Å². The molecule has 1 rings (SSSR count). The number of halogens is 3. The molecule has 6 heteroatoms. The van der Waals surface area contributed by atoms with Crippen molar-refractivity contribution in [3.8, 4) is 0 Å². The average Bonchev–Trinajstić information content (AvgIpc) is 2.27. The fourth-order valence-corrected chi connectivity index (χ4v) is 1.11. The van der Waals surface area contributed by atoms with E-state index < -0.39 is 11.7 Å². The monoisotopic (exact) mass is 246 g/mol. The van der Waals surface area contributed by atoms with E-state index in [0.29, 0.717) is 12.2 Å². The van der Waals surface area contributed by atoms with E-state index in [1.165, 1.54) is 17.0 Å². The maximum absolute atomic E-state index is 12.3. The number of nitrogens with zero attached hydrogens (tertiary/aromatic N) is 1. The molecule has 1 aromatic carbocycles. The molecule has 0 atom stereocenters. The highest BCUT2D eigenvalue weighted by Gasteiger charge is 2.29. The van der Waals surface area contributed by atoms with Crippen molar-refractivity contribution in [2.75, 3.05) is 18.9 Å². The Labute approximate surface area is 97.2 Å². The predicted molar refractivity (Wildman–Crippen MR) is 58.8 cm³/mol. The molecule has 0 saturated heterocycles. The number of carbonyl (C=O) groups excluding carboxylic acids is 1. The first kappa shape index (κ1) is 13.3. The van der Waals surface area contributed by atoms with Crippen molar-refractivity contribution in [2.45, 2.75) is 13.1 Å². The van der Waals surface area contributed by atoms with Gasteiger partial charge in [-0.3, -0.25) is 0 Å². The Morgan fingerprint density at radius 3 is 2.24 bits per heavy atom. The van der Waals surface area contributed by atoms with Gasteiger partial charge < -0.3 is 10.2 Å². The molecule has 94 valence electrons. The molecule has 2 amide bonds. The lowest BCUT2D eigenvalue weighted by molar-refractivity contribution is -0.137. The van der Waals surface area contributed by atoms with Crippen LogP contribution in [0.2, 0.25) is 0 Å². The van der Waals surface area contributed by atoms with Crippen molar-refractivity contribution in [3.63, 3.8) is 0 Å². The summed E-state index contributed by atoms with van der Waals surface area (Å²) in [5.74, 6) is 0. The third-order valence-electron chi connectivity index (χ3n) is 2.28. The fraction of sp³-hybridized carbons (Fsp3) is 0.364. The zero-order valence-electron chi connectivity index (χ0n) is 9.51. The molecule has 0 heterocycles. The van der Waals surface area contributed by atoms with Crippen LogP contribution in [0.15, 0.2) is 24.3 Å². The van der Waals surface area contributed by atoms with E-state index in [2.05, 4.69) is 5.32 Å². The molecule has 0 aliphatic carbocycles. The smallest absolute Gasteiger partial charge is 0.328 e. The molecule has 0 unspecified atom stereocenters. The fourth-order valence-electron chi connectivity index (χ4n) is 1.11. The minimum absolute atomic E-state index is 0.336. The van der Waals surface area contributed by atoms with E-state index >= 15 is 0 Å². The highest BCUT2D eigenvalue weighted by atomic mass is 19.4. The molecule has 3 nitrogen and oxygen atoms in total. The van der Waals surface area contributed by atoms with Crippen LogP contribution in [0.25, 0.3) is 0 Å². The Bertz CT molecular complexity index is 387. The average molecular weight is 246 g/mol. The summed E-state index contributed by atoms with van der Waals surface area (Å²) in [5.41, 5.74) is -0.400. The van der Waals surface area contributed by atoms with Gasteiger partial charge in [0.2, 0.25) is 0 Å². The summed E-state index contributed by atoms with van der Waals surface area (Å²) >= 11 is 0. The highest BCUT2D eigenvalue weighted by Crippen LogP contribution is 2.29. The predicted octanol–water partition coefficient (Wildman–Crippen LogP) is 3.19. The van der Waals surface area contributed by atoms with Crippen LogP contribution in [0.1, 0.15) is 12.5 Å². The van der Waals surface area contributed by atoms with Crippen LogP contribution < -0.4 is 5.32 Å². The van der Waals surface area contributed by atoms with Crippen molar-refractivity contribution in [3.05, 3.63) is 29.8 Å². The molecule has 0 spiro atoms. The Morgan fingerprint density at radius 2 is 1.82 bits per heavy atom. The van der Waals surface area contributed by atoms with Crippen molar-refractivity contribution in [2.24, 2.45) is 0 Å². The second-order valence-electron chi connectivity index (χ2n) is 3.52. The quantitative estimate of drug-likeness (QED) is 0.853. The number of carbonyl (C=O) groups is 1. The molecule has 0 bridgehead atoms. The molecule has 1 N–H and O–H groups in total. The maximum atomic E-state index is 12.3. The van der Waals surface area contributed by atoms with Crippen LogP contribution in [0.4, 0.5) is 23.7 Å². The Morgan fingerprint density at radius 1 is 1.29 bits per heavy atom. The zero-order chi connectivity index (χ0) is 13.1. The van der Waals surface area contributed by atoms with Crippen LogP contribution in [-0.2, 0) is 6.18 Å². The van der Waals surface area contributed by atoms with Gasteiger partial charge in [0.05, 0.1) is 5.56 Å². The van der Waals surface area contributed by atoms with Gasteiger partial charge in [0, 0.05) is 19.3 Å². The molecule has 0 aliphatic heterocycles. The third-order valence-corrected chi connectivity index (χ3v) is 2.28. The molecule has 17 heavy (non-hydrogen) atoms. The normalized spacial score (nSPS) is 11.1. The summed E-state index contributed by atoms with van der Waals surface area (Å²) in [4.78, 5) is 12.8. The zero-order valence-corrected chi connectivity index (χ0v) is 9.51. The summed E-state index contributed by atoms with van der Waals surface area (Å²) in [6.45, 7) is 2.32. The number of amides is 2. The van der Waals surface area contributed by atoms with Crippen molar-refractivity contribution in [1.29, 1.82) is 0 Å². The molecule has 0 saturated carbocycles. The number of nitrogens with one attached hydrogen (secondary N) is 1. The first-order chi connectivity index (χ1) is 7.84. The topological polar surface area (TPSA) is 32.3 Å². The molecule has 1 aromatic rings. The van der Waals surface area contributed by atoms with E-state index in [1.54, 1.807) is 14.0 Å². The van der Waals surface area contributed by atoms with E-state index in [9.17, 15) is 18.0 Å². The van der Waals surface area contributed by atoms with E-state index in [0.717, 1.165) is 12.1 Å². The van der Waals surface area contributed by atoms with E-state index in [1.807, 2.05) is 0 Å². The van der Waals surface area contributed by atoms with Gasteiger partial charge >= 0.3 is 12.2 Å². The number of urea groups is 1. The minimum Gasteiger partial charge on any atom is -0.328 e. The van der Waals surface area contributed by atoms with Crippen molar-refractivity contribution >= 4 is 11.7 Å². The number of benzene rings is 1. The SMILES string of the molecule is CCN(C)C(=O)Nc1ccc(C(F)(F)F)cc1. The largest absolute Gasteiger partial charge is 0.416 e. The van der Waals surface area contributed by atoms with Crippen LogP contribution in [0.3, 0.4) is 0 Å². The molecule has 0 aromatic heterocycles. The Balaban J connectivity index is 2.73. The molecule has 0 radical (unpaired) electrons. The summed E-state index contributed by atoms with van der Waals surface area (Å²) in [6.07, 6.45) is -4.36. The number of anilines is 1. The van der Waals surface area contributed by atoms with Crippen LogP contribution >= 0.6 is 0 Å². The highest BCUT2D eigenvalue weighted by molar-refractivity contribution is 5.89. The second-order valence-corrected chi connectivity index (χ2v) is 3.52. The van der Waals surface area contributed by atoms with Crippen LogP contribution in [0, 0.1) is 0 Å². The molecule has 0 aliphatic rings. The van der Waals surface area contributed by atoms with Gasteiger partial charge in [0.1, 0.15) is 0 Å². The lowest BCUT2D eigenvalue weighted by atomic mass is 10.2. The summed E-state index contributed by atoms with van der Waals surface area (Å²) in [7, 11) is 1.60. The van der Waals surface area contributed by atoms with Gasteiger partial charge in [0.25, 0.3) is 0 Å². The number of alkyl halides is 3. The van der Waals surface area contributed by atoms with E-state index in [4.69, 9.17) is 0 Å². The summed E-state index contributed by atoms with van der Waals surface area (Å²) in [6, 6.07) is 3.96.